The van der Waals surface area contributed by atoms with Crippen LogP contribution in [0, 0.1) is 12.7 Å². The molecule has 0 aromatic heterocycles. The first-order valence-corrected chi connectivity index (χ1v) is 11.6. The predicted octanol–water partition coefficient (Wildman–Crippen LogP) is 3.39. The van der Waals surface area contributed by atoms with Crippen molar-refractivity contribution in [2.24, 2.45) is 0 Å². The van der Waals surface area contributed by atoms with Gasteiger partial charge < -0.3 is 29.9 Å². The number of benzene rings is 2. The molecule has 1 aliphatic heterocycles. The summed E-state index contributed by atoms with van der Waals surface area (Å²) < 4.78 is 62.6. The number of nitrogens with zero attached hydrogens (tertiary/aromatic N) is 1. The van der Waals surface area contributed by atoms with Crippen LogP contribution in [-0.4, -0.2) is 72.8 Å². The van der Waals surface area contributed by atoms with Crippen LogP contribution in [0.5, 0.6) is 11.5 Å². The summed E-state index contributed by atoms with van der Waals surface area (Å²) in [7, 11) is 0. The maximum Gasteiger partial charge on any atom is 0.419 e. The maximum atomic E-state index is 13.4. The molecule has 0 saturated carbocycles. The van der Waals surface area contributed by atoms with Crippen molar-refractivity contribution in [3.8, 4) is 11.5 Å². The van der Waals surface area contributed by atoms with Crippen LogP contribution in [0.1, 0.15) is 24.0 Å². The molecule has 0 spiro atoms. The summed E-state index contributed by atoms with van der Waals surface area (Å²) in [5.41, 5.74) is -0.260. The van der Waals surface area contributed by atoms with Gasteiger partial charge in [-0.25, -0.2) is 4.39 Å². The third-order valence-electron chi connectivity index (χ3n) is 5.85. The maximum absolute atomic E-state index is 13.4. The van der Waals surface area contributed by atoms with E-state index in [9.17, 15) is 27.8 Å². The van der Waals surface area contributed by atoms with Crippen molar-refractivity contribution in [2.45, 2.75) is 44.2 Å². The summed E-state index contributed by atoms with van der Waals surface area (Å²) in [6.07, 6.45) is -4.71. The molecular formula is C25H32F4N2O4. The average Bonchev–Trinajstić information content (AvgIpc) is 2.82. The Morgan fingerprint density at radius 3 is 2.23 bits per heavy atom. The van der Waals surface area contributed by atoms with Gasteiger partial charge in [0.05, 0.1) is 5.56 Å². The molecule has 10 heteroatoms. The first-order valence-electron chi connectivity index (χ1n) is 11.6. The second-order valence-electron chi connectivity index (χ2n) is 8.87. The summed E-state index contributed by atoms with van der Waals surface area (Å²) in [6.45, 7) is 4.15. The Morgan fingerprint density at radius 2 is 1.57 bits per heavy atom. The van der Waals surface area contributed by atoms with Crippen LogP contribution in [-0.2, 0) is 6.18 Å². The Morgan fingerprint density at radius 1 is 0.971 bits per heavy atom. The van der Waals surface area contributed by atoms with Crippen LogP contribution < -0.4 is 14.8 Å². The fourth-order valence-electron chi connectivity index (χ4n) is 3.86. The topological polar surface area (TPSA) is 74.2 Å². The highest BCUT2D eigenvalue weighted by atomic mass is 19.4. The number of piperidine rings is 1. The summed E-state index contributed by atoms with van der Waals surface area (Å²) >= 11 is 0. The van der Waals surface area contributed by atoms with Crippen molar-refractivity contribution in [1.82, 2.24) is 10.2 Å². The molecule has 0 amide bonds. The fourth-order valence-corrected chi connectivity index (χ4v) is 3.86. The summed E-state index contributed by atoms with van der Waals surface area (Å²) in [6, 6.07) is 10.3. The van der Waals surface area contributed by atoms with E-state index in [0.717, 1.165) is 37.6 Å². The van der Waals surface area contributed by atoms with Crippen LogP contribution in [0.15, 0.2) is 42.5 Å². The van der Waals surface area contributed by atoms with E-state index in [0.29, 0.717) is 31.0 Å². The molecule has 2 atom stereocenters. The molecule has 0 unspecified atom stereocenters. The number of aliphatic hydroxyl groups is 2. The van der Waals surface area contributed by atoms with Crippen LogP contribution in [0.4, 0.5) is 17.6 Å². The van der Waals surface area contributed by atoms with Gasteiger partial charge in [0.1, 0.15) is 42.7 Å². The van der Waals surface area contributed by atoms with E-state index in [-0.39, 0.29) is 25.0 Å². The molecule has 3 rings (SSSR count). The van der Waals surface area contributed by atoms with Crippen molar-refractivity contribution < 1.29 is 37.2 Å². The zero-order valence-corrected chi connectivity index (χ0v) is 19.6. The van der Waals surface area contributed by atoms with Gasteiger partial charge >= 0.3 is 6.18 Å². The molecule has 1 fully saturated rings. The molecule has 2 aromatic rings. The minimum atomic E-state index is -4.81. The Balaban J connectivity index is 1.31. The van der Waals surface area contributed by atoms with E-state index in [1.165, 1.54) is 0 Å². The van der Waals surface area contributed by atoms with Gasteiger partial charge in [-0.1, -0.05) is 17.7 Å². The number of ether oxygens (including phenoxy) is 2. The summed E-state index contributed by atoms with van der Waals surface area (Å²) in [5.74, 6) is -0.801. The lowest BCUT2D eigenvalue weighted by Crippen LogP contribution is -2.47. The highest BCUT2D eigenvalue weighted by molar-refractivity contribution is 5.31. The Labute approximate surface area is 202 Å². The zero-order chi connectivity index (χ0) is 25.4. The van der Waals surface area contributed by atoms with Crippen molar-refractivity contribution in [3.05, 3.63) is 59.4 Å². The number of hydrogen-bond donors (Lipinski definition) is 3. The van der Waals surface area contributed by atoms with Crippen LogP contribution in [0.3, 0.4) is 0 Å². The lowest BCUT2D eigenvalue weighted by atomic mass is 10.0. The number of aryl methyl sites for hydroxylation is 1. The fraction of sp³-hybridized carbons (Fsp3) is 0.520. The van der Waals surface area contributed by atoms with Gasteiger partial charge in [-0.05, 0) is 63.2 Å². The van der Waals surface area contributed by atoms with Gasteiger partial charge in [0.2, 0.25) is 0 Å². The molecular weight excluding hydrogens is 468 g/mol. The Hall–Kier alpha value is -2.40. The minimum Gasteiger partial charge on any atom is -0.491 e. The highest BCUT2D eigenvalue weighted by Crippen LogP contribution is 2.33. The van der Waals surface area contributed by atoms with Crippen molar-refractivity contribution >= 4 is 0 Å². The molecule has 2 aromatic carbocycles. The van der Waals surface area contributed by atoms with E-state index in [1.807, 2.05) is 31.2 Å². The minimum absolute atomic E-state index is 0.148. The number of halogens is 4. The first-order chi connectivity index (χ1) is 16.6. The number of β-amino-alcohol motifs (C(OH)–C–C–N with tert-alkyl or cyclic N) is 1. The second-order valence-corrected chi connectivity index (χ2v) is 8.87. The second kappa shape index (κ2) is 12.5. The molecule has 0 bridgehead atoms. The normalized spacial score (nSPS) is 17.2. The number of nitrogens with one attached hydrogen (secondary N) is 1. The zero-order valence-electron chi connectivity index (χ0n) is 19.6. The largest absolute Gasteiger partial charge is 0.491 e. The lowest BCUT2D eigenvalue weighted by Gasteiger charge is -2.33. The summed E-state index contributed by atoms with van der Waals surface area (Å²) in [4.78, 5) is 2.05. The number of alkyl halides is 3. The Bertz CT molecular complexity index is 919. The van der Waals surface area contributed by atoms with E-state index in [1.54, 1.807) is 0 Å². The molecule has 3 N–H and O–H groups in total. The van der Waals surface area contributed by atoms with E-state index >= 15 is 0 Å². The van der Waals surface area contributed by atoms with Gasteiger partial charge in [-0.15, -0.1) is 0 Å². The van der Waals surface area contributed by atoms with E-state index in [2.05, 4.69) is 10.2 Å². The number of aliphatic hydroxyl groups excluding tert-OH is 2. The SMILES string of the molecule is Cc1ccc(OC[C@H](O)CNC2CCN(C[C@@H](O)COc3ccc(F)c(C(F)(F)F)c3)CC2)cc1. The van der Waals surface area contributed by atoms with Gasteiger partial charge in [-0.3, -0.25) is 0 Å². The summed E-state index contributed by atoms with van der Waals surface area (Å²) in [5, 5.41) is 23.7. The van der Waals surface area contributed by atoms with Crippen molar-refractivity contribution in [3.63, 3.8) is 0 Å². The molecule has 0 aliphatic carbocycles. The number of hydrogen-bond acceptors (Lipinski definition) is 6. The van der Waals surface area contributed by atoms with Crippen LogP contribution >= 0.6 is 0 Å². The molecule has 1 saturated heterocycles. The van der Waals surface area contributed by atoms with Crippen LogP contribution in [0.2, 0.25) is 0 Å². The highest BCUT2D eigenvalue weighted by Gasteiger charge is 2.34. The van der Waals surface area contributed by atoms with Gasteiger partial charge in [0, 0.05) is 19.1 Å². The van der Waals surface area contributed by atoms with Crippen molar-refractivity contribution in [1.29, 1.82) is 0 Å². The Kier molecular flexibility index (Phi) is 9.73. The van der Waals surface area contributed by atoms with Crippen molar-refractivity contribution in [2.75, 3.05) is 39.4 Å². The molecule has 35 heavy (non-hydrogen) atoms. The standard InChI is InChI=1S/C25H32F4N2O4/c1-17-2-4-21(5-3-17)34-15-19(32)13-30-18-8-10-31(11-9-18)14-20(33)16-35-22-6-7-24(26)23(12-22)25(27,28)29/h2-7,12,18-20,30,32-33H,8-11,13-16H2,1H3/t19-,20-/m1/s1. The molecule has 1 heterocycles. The predicted molar refractivity (Wildman–Crippen MR) is 123 cm³/mol. The quantitative estimate of drug-likeness (QED) is 0.411. The number of likely N-dealkylation sites (tertiary alicyclic amines) is 1. The molecule has 194 valence electrons. The van der Waals surface area contributed by atoms with Gasteiger partial charge in [0.25, 0.3) is 0 Å². The van der Waals surface area contributed by atoms with Gasteiger partial charge in [-0.2, -0.15) is 13.2 Å². The smallest absolute Gasteiger partial charge is 0.419 e. The monoisotopic (exact) mass is 500 g/mol. The van der Waals surface area contributed by atoms with Crippen LogP contribution in [0.25, 0.3) is 0 Å². The molecule has 1 aliphatic rings. The van der Waals surface area contributed by atoms with Gasteiger partial charge in [0.15, 0.2) is 0 Å². The van der Waals surface area contributed by atoms with E-state index in [4.69, 9.17) is 9.47 Å². The number of rotatable bonds is 11. The first kappa shape index (κ1) is 27.2. The average molecular weight is 501 g/mol. The molecule has 0 radical (unpaired) electrons. The third-order valence-corrected chi connectivity index (χ3v) is 5.85. The van der Waals surface area contributed by atoms with E-state index < -0.39 is 29.8 Å². The lowest BCUT2D eigenvalue weighted by molar-refractivity contribution is -0.140. The third kappa shape index (κ3) is 8.96. The molecule has 6 nitrogen and oxygen atoms in total.